The van der Waals surface area contributed by atoms with Gasteiger partial charge >= 0.3 is 0 Å². The van der Waals surface area contributed by atoms with Gasteiger partial charge in [-0.1, -0.05) is 25.5 Å². The molecule has 1 aromatic rings. The summed E-state index contributed by atoms with van der Waals surface area (Å²) in [6.07, 6.45) is 4.34. The Labute approximate surface area is 125 Å². The van der Waals surface area contributed by atoms with Gasteiger partial charge in [-0.15, -0.1) is 0 Å². The fourth-order valence-electron chi connectivity index (χ4n) is 3.43. The molecule has 0 aromatic heterocycles. The zero-order valence-electron chi connectivity index (χ0n) is 12.7. The molecule has 3 rings (SSSR count). The second-order valence-corrected chi connectivity index (χ2v) is 6.26. The number of carbonyl (C=O) groups is 1. The highest BCUT2D eigenvalue weighted by Crippen LogP contribution is 2.37. The molecule has 1 N–H and O–H groups in total. The molecule has 0 spiro atoms. The zero-order chi connectivity index (χ0) is 15.0. The standard InChI is InChI=1S/C17H23FN2O/c1-3-15-17(21)20(11(2)12-5-4-6-12)16(19-15)13-7-9-14(18)10-8-13/h7-12,15-16,19H,3-6H2,1-2H3. The molecular weight excluding hydrogens is 267 g/mol. The zero-order valence-corrected chi connectivity index (χ0v) is 12.7. The Morgan fingerprint density at radius 1 is 1.33 bits per heavy atom. The Bertz CT molecular complexity index is 512. The van der Waals surface area contributed by atoms with Crippen LogP contribution in [0.1, 0.15) is 51.3 Å². The van der Waals surface area contributed by atoms with Crippen LogP contribution in [0.25, 0.3) is 0 Å². The van der Waals surface area contributed by atoms with Crippen molar-refractivity contribution >= 4 is 5.91 Å². The monoisotopic (exact) mass is 290 g/mol. The van der Waals surface area contributed by atoms with Crippen molar-refractivity contribution in [3.63, 3.8) is 0 Å². The molecule has 2 aliphatic rings. The van der Waals surface area contributed by atoms with Crippen molar-refractivity contribution in [3.8, 4) is 0 Å². The fraction of sp³-hybridized carbons (Fsp3) is 0.588. The molecule has 3 unspecified atom stereocenters. The van der Waals surface area contributed by atoms with E-state index in [1.807, 2.05) is 11.8 Å². The quantitative estimate of drug-likeness (QED) is 0.923. The van der Waals surface area contributed by atoms with Crippen molar-refractivity contribution < 1.29 is 9.18 Å². The van der Waals surface area contributed by atoms with Crippen LogP contribution in [0.5, 0.6) is 0 Å². The van der Waals surface area contributed by atoms with Crippen molar-refractivity contribution in [2.45, 2.75) is 57.8 Å². The Kier molecular flexibility index (Phi) is 3.98. The summed E-state index contributed by atoms with van der Waals surface area (Å²) in [6.45, 7) is 4.17. The van der Waals surface area contributed by atoms with Crippen LogP contribution in [-0.2, 0) is 4.79 Å². The lowest BCUT2D eigenvalue weighted by molar-refractivity contribution is -0.133. The van der Waals surface area contributed by atoms with Gasteiger partial charge in [0.05, 0.1) is 6.04 Å². The van der Waals surface area contributed by atoms with Gasteiger partial charge in [0.15, 0.2) is 0 Å². The topological polar surface area (TPSA) is 32.3 Å². The minimum atomic E-state index is -0.242. The highest BCUT2D eigenvalue weighted by atomic mass is 19.1. The van der Waals surface area contributed by atoms with Crippen LogP contribution in [0.15, 0.2) is 24.3 Å². The summed E-state index contributed by atoms with van der Waals surface area (Å²) in [6, 6.07) is 6.60. The van der Waals surface area contributed by atoms with Gasteiger partial charge in [0, 0.05) is 6.04 Å². The van der Waals surface area contributed by atoms with Gasteiger partial charge in [0.25, 0.3) is 0 Å². The summed E-state index contributed by atoms with van der Waals surface area (Å²) in [5, 5.41) is 3.41. The number of carbonyl (C=O) groups excluding carboxylic acids is 1. The maximum absolute atomic E-state index is 13.1. The third-order valence-corrected chi connectivity index (χ3v) is 5.05. The average Bonchev–Trinajstić information content (AvgIpc) is 2.74. The van der Waals surface area contributed by atoms with Crippen LogP contribution >= 0.6 is 0 Å². The summed E-state index contributed by atoms with van der Waals surface area (Å²) in [4.78, 5) is 14.7. The van der Waals surface area contributed by atoms with Crippen LogP contribution in [0.2, 0.25) is 0 Å². The lowest BCUT2D eigenvalue weighted by Crippen LogP contribution is -2.44. The van der Waals surface area contributed by atoms with E-state index in [0.717, 1.165) is 12.0 Å². The number of halogens is 1. The Morgan fingerprint density at radius 2 is 2.00 bits per heavy atom. The molecule has 114 valence electrons. The van der Waals surface area contributed by atoms with E-state index in [1.54, 1.807) is 12.1 Å². The minimum absolute atomic E-state index is 0.123. The molecule has 1 aromatic carbocycles. The number of nitrogens with zero attached hydrogens (tertiary/aromatic N) is 1. The predicted molar refractivity (Wildman–Crippen MR) is 80.0 cm³/mol. The second kappa shape index (κ2) is 5.76. The second-order valence-electron chi connectivity index (χ2n) is 6.26. The first-order chi connectivity index (χ1) is 10.1. The largest absolute Gasteiger partial charge is 0.319 e. The van der Waals surface area contributed by atoms with E-state index in [0.29, 0.717) is 5.92 Å². The lowest BCUT2D eigenvalue weighted by atomic mass is 9.79. The van der Waals surface area contributed by atoms with Gasteiger partial charge in [-0.3, -0.25) is 10.1 Å². The maximum atomic E-state index is 13.1. The van der Waals surface area contributed by atoms with Gasteiger partial charge in [-0.05, 0) is 49.8 Å². The molecule has 3 atom stereocenters. The van der Waals surface area contributed by atoms with Crippen molar-refractivity contribution in [3.05, 3.63) is 35.6 Å². The van der Waals surface area contributed by atoms with Gasteiger partial charge < -0.3 is 4.90 Å². The normalized spacial score (nSPS) is 27.8. The molecule has 21 heavy (non-hydrogen) atoms. The molecule has 1 saturated heterocycles. The number of rotatable bonds is 4. The molecule has 3 nitrogen and oxygen atoms in total. The van der Waals surface area contributed by atoms with Gasteiger partial charge in [0.2, 0.25) is 5.91 Å². The highest BCUT2D eigenvalue weighted by molar-refractivity contribution is 5.84. The van der Waals surface area contributed by atoms with Gasteiger partial charge in [-0.25, -0.2) is 4.39 Å². The molecule has 1 aliphatic heterocycles. The molecule has 1 heterocycles. The van der Waals surface area contributed by atoms with Gasteiger partial charge in [0.1, 0.15) is 12.0 Å². The van der Waals surface area contributed by atoms with E-state index in [1.165, 1.54) is 31.4 Å². The molecule has 1 amide bonds. The van der Waals surface area contributed by atoms with Crippen molar-refractivity contribution in [2.24, 2.45) is 5.92 Å². The van der Waals surface area contributed by atoms with E-state index in [9.17, 15) is 9.18 Å². The smallest absolute Gasteiger partial charge is 0.241 e. The van der Waals surface area contributed by atoms with Crippen molar-refractivity contribution in [2.75, 3.05) is 0 Å². The third kappa shape index (κ3) is 2.57. The third-order valence-electron chi connectivity index (χ3n) is 5.05. The Hall–Kier alpha value is -1.42. The first-order valence-corrected chi connectivity index (χ1v) is 7.95. The minimum Gasteiger partial charge on any atom is -0.319 e. The van der Waals surface area contributed by atoms with Crippen LogP contribution in [0.4, 0.5) is 4.39 Å². The molecule has 0 radical (unpaired) electrons. The predicted octanol–water partition coefficient (Wildman–Crippen LogP) is 3.22. The molecule has 1 aliphatic carbocycles. The number of hydrogen-bond donors (Lipinski definition) is 1. The molecule has 1 saturated carbocycles. The highest BCUT2D eigenvalue weighted by Gasteiger charge is 2.43. The Balaban J connectivity index is 1.88. The fourth-order valence-corrected chi connectivity index (χ4v) is 3.43. The van der Waals surface area contributed by atoms with Crippen LogP contribution in [-0.4, -0.2) is 22.9 Å². The number of nitrogens with one attached hydrogen (secondary N) is 1. The Morgan fingerprint density at radius 3 is 2.52 bits per heavy atom. The SMILES string of the molecule is CCC1NC(c2ccc(F)cc2)N(C(C)C2CCC2)C1=O. The van der Waals surface area contributed by atoms with E-state index < -0.39 is 0 Å². The number of amides is 1. The van der Waals surface area contributed by atoms with Crippen molar-refractivity contribution in [1.29, 1.82) is 0 Å². The van der Waals surface area contributed by atoms with Crippen molar-refractivity contribution in [1.82, 2.24) is 10.2 Å². The summed E-state index contributed by atoms with van der Waals surface area (Å²) in [5.74, 6) is 0.550. The van der Waals surface area contributed by atoms with Crippen LogP contribution in [0.3, 0.4) is 0 Å². The molecule has 2 fully saturated rings. The lowest BCUT2D eigenvalue weighted by Gasteiger charge is -2.39. The summed E-state index contributed by atoms with van der Waals surface area (Å²) in [7, 11) is 0. The first kappa shape index (κ1) is 14.5. The summed E-state index contributed by atoms with van der Waals surface area (Å²) < 4.78 is 13.1. The number of hydrogen-bond acceptors (Lipinski definition) is 2. The maximum Gasteiger partial charge on any atom is 0.241 e. The molecular formula is C17H23FN2O. The first-order valence-electron chi connectivity index (χ1n) is 7.95. The molecule has 0 bridgehead atoms. The summed E-state index contributed by atoms with van der Waals surface area (Å²) in [5.41, 5.74) is 0.965. The van der Waals surface area contributed by atoms with Crippen LogP contribution < -0.4 is 5.32 Å². The van der Waals surface area contributed by atoms with E-state index in [4.69, 9.17) is 0 Å². The number of benzene rings is 1. The van der Waals surface area contributed by atoms with E-state index in [-0.39, 0.29) is 30.0 Å². The van der Waals surface area contributed by atoms with E-state index >= 15 is 0 Å². The van der Waals surface area contributed by atoms with Crippen LogP contribution in [0, 0.1) is 11.7 Å². The van der Waals surface area contributed by atoms with Gasteiger partial charge in [-0.2, -0.15) is 0 Å². The average molecular weight is 290 g/mol. The molecule has 4 heteroatoms. The summed E-state index contributed by atoms with van der Waals surface area (Å²) >= 11 is 0. The van der Waals surface area contributed by atoms with E-state index in [2.05, 4.69) is 12.2 Å².